The molecule has 2 N–H and O–H groups in total. The highest BCUT2D eigenvalue weighted by Gasteiger charge is 2.37. The SMILES string of the molecule is O=C1CC(c2ccccc2)N(C(=O)C2CC2)CCCNCCN1. The maximum atomic E-state index is 12.8. The van der Waals surface area contributed by atoms with Gasteiger partial charge in [0.1, 0.15) is 0 Å². The summed E-state index contributed by atoms with van der Waals surface area (Å²) >= 11 is 0. The first-order valence-electron chi connectivity index (χ1n) is 8.58. The zero-order valence-electron chi connectivity index (χ0n) is 13.5. The van der Waals surface area contributed by atoms with E-state index in [0.717, 1.165) is 37.9 Å². The smallest absolute Gasteiger partial charge is 0.226 e. The van der Waals surface area contributed by atoms with Crippen LogP contribution in [0.25, 0.3) is 0 Å². The first-order valence-corrected chi connectivity index (χ1v) is 8.58. The molecule has 3 rings (SSSR count). The van der Waals surface area contributed by atoms with Gasteiger partial charge in [0.15, 0.2) is 0 Å². The number of carbonyl (C=O) groups is 2. The third-order valence-corrected chi connectivity index (χ3v) is 4.53. The number of nitrogens with one attached hydrogen (secondary N) is 2. The average molecular weight is 315 g/mol. The van der Waals surface area contributed by atoms with E-state index in [2.05, 4.69) is 10.6 Å². The Hall–Kier alpha value is -1.88. The highest BCUT2D eigenvalue weighted by molar-refractivity contribution is 5.83. The van der Waals surface area contributed by atoms with Crippen molar-refractivity contribution in [2.24, 2.45) is 5.92 Å². The van der Waals surface area contributed by atoms with Crippen molar-refractivity contribution < 1.29 is 9.59 Å². The fourth-order valence-corrected chi connectivity index (χ4v) is 3.11. The molecule has 5 nitrogen and oxygen atoms in total. The summed E-state index contributed by atoms with van der Waals surface area (Å²) in [6.45, 7) is 2.98. The van der Waals surface area contributed by atoms with Crippen LogP contribution in [0.3, 0.4) is 0 Å². The van der Waals surface area contributed by atoms with Crippen LogP contribution in [0.15, 0.2) is 30.3 Å². The number of hydrogen-bond donors (Lipinski definition) is 2. The summed E-state index contributed by atoms with van der Waals surface area (Å²) in [5.41, 5.74) is 1.05. The summed E-state index contributed by atoms with van der Waals surface area (Å²) < 4.78 is 0. The van der Waals surface area contributed by atoms with Gasteiger partial charge in [-0.05, 0) is 31.4 Å². The van der Waals surface area contributed by atoms with Gasteiger partial charge in [0, 0.05) is 25.6 Å². The zero-order valence-corrected chi connectivity index (χ0v) is 13.5. The van der Waals surface area contributed by atoms with Crippen LogP contribution in [-0.4, -0.2) is 42.9 Å². The number of hydrogen-bond acceptors (Lipinski definition) is 3. The van der Waals surface area contributed by atoms with E-state index in [1.165, 1.54) is 0 Å². The molecule has 0 aromatic heterocycles. The number of nitrogens with zero attached hydrogens (tertiary/aromatic N) is 1. The molecule has 1 atom stereocenters. The summed E-state index contributed by atoms with van der Waals surface area (Å²) in [5, 5.41) is 6.25. The van der Waals surface area contributed by atoms with Crippen molar-refractivity contribution in [3.63, 3.8) is 0 Å². The standard InChI is InChI=1S/C18H25N3O2/c22-17-13-16(14-5-2-1-3-6-14)21(18(23)15-7-8-15)12-4-9-19-10-11-20-17/h1-3,5-6,15-16,19H,4,7-13H2,(H,20,22). The van der Waals surface area contributed by atoms with Gasteiger partial charge in [-0.2, -0.15) is 0 Å². The molecule has 0 bridgehead atoms. The molecule has 5 heteroatoms. The Kier molecular flexibility index (Phi) is 5.28. The lowest BCUT2D eigenvalue weighted by molar-refractivity contribution is -0.136. The third kappa shape index (κ3) is 4.32. The van der Waals surface area contributed by atoms with Gasteiger partial charge in [0.25, 0.3) is 0 Å². The van der Waals surface area contributed by atoms with Crippen molar-refractivity contribution in [3.05, 3.63) is 35.9 Å². The maximum absolute atomic E-state index is 12.8. The van der Waals surface area contributed by atoms with Gasteiger partial charge in [-0.25, -0.2) is 0 Å². The predicted molar refractivity (Wildman–Crippen MR) is 88.7 cm³/mol. The molecular formula is C18H25N3O2. The first kappa shape index (κ1) is 16.0. The molecule has 1 unspecified atom stereocenters. The minimum absolute atomic E-state index is 0.0103. The van der Waals surface area contributed by atoms with Crippen molar-refractivity contribution >= 4 is 11.8 Å². The Morgan fingerprint density at radius 1 is 1.09 bits per heavy atom. The lowest BCUT2D eigenvalue weighted by Crippen LogP contribution is -2.39. The van der Waals surface area contributed by atoms with Crippen LogP contribution in [0.1, 0.15) is 37.3 Å². The Balaban J connectivity index is 1.86. The average Bonchev–Trinajstić information content (AvgIpc) is 3.40. The second-order valence-corrected chi connectivity index (χ2v) is 6.39. The zero-order chi connectivity index (χ0) is 16.1. The number of carbonyl (C=O) groups excluding carboxylic acids is 2. The van der Waals surface area contributed by atoms with Crippen molar-refractivity contribution in [3.8, 4) is 0 Å². The molecule has 1 aromatic rings. The van der Waals surface area contributed by atoms with E-state index in [9.17, 15) is 9.59 Å². The Morgan fingerprint density at radius 3 is 2.61 bits per heavy atom. The van der Waals surface area contributed by atoms with Crippen LogP contribution in [0.2, 0.25) is 0 Å². The summed E-state index contributed by atoms with van der Waals surface area (Å²) in [4.78, 5) is 27.0. The second kappa shape index (κ2) is 7.59. The predicted octanol–water partition coefficient (Wildman–Crippen LogP) is 1.47. The van der Waals surface area contributed by atoms with E-state index in [4.69, 9.17) is 0 Å². The van der Waals surface area contributed by atoms with Crippen molar-refractivity contribution in [2.45, 2.75) is 31.7 Å². The topological polar surface area (TPSA) is 61.4 Å². The Labute approximate surface area is 137 Å². The molecule has 124 valence electrons. The highest BCUT2D eigenvalue weighted by atomic mass is 16.2. The van der Waals surface area contributed by atoms with Crippen molar-refractivity contribution in [1.29, 1.82) is 0 Å². The fourth-order valence-electron chi connectivity index (χ4n) is 3.11. The van der Waals surface area contributed by atoms with Gasteiger partial charge in [-0.3, -0.25) is 9.59 Å². The first-order chi connectivity index (χ1) is 11.3. The minimum Gasteiger partial charge on any atom is -0.355 e. The number of benzene rings is 1. The van der Waals surface area contributed by atoms with E-state index in [1.807, 2.05) is 35.2 Å². The summed E-state index contributed by atoms with van der Waals surface area (Å²) in [7, 11) is 0. The van der Waals surface area contributed by atoms with Crippen LogP contribution in [-0.2, 0) is 9.59 Å². The molecule has 0 radical (unpaired) electrons. The highest BCUT2D eigenvalue weighted by Crippen LogP contribution is 2.35. The van der Waals surface area contributed by atoms with Gasteiger partial charge in [-0.1, -0.05) is 30.3 Å². The Bertz CT molecular complexity index is 542. The van der Waals surface area contributed by atoms with Crippen LogP contribution in [0.4, 0.5) is 0 Å². The van der Waals surface area contributed by atoms with Gasteiger partial charge in [0.2, 0.25) is 11.8 Å². The monoisotopic (exact) mass is 315 g/mol. The van der Waals surface area contributed by atoms with E-state index in [0.29, 0.717) is 19.5 Å². The lowest BCUT2D eigenvalue weighted by Gasteiger charge is -2.32. The van der Waals surface area contributed by atoms with Crippen LogP contribution in [0.5, 0.6) is 0 Å². The van der Waals surface area contributed by atoms with Crippen molar-refractivity contribution in [1.82, 2.24) is 15.5 Å². The van der Waals surface area contributed by atoms with Gasteiger partial charge in [0.05, 0.1) is 12.5 Å². The van der Waals surface area contributed by atoms with E-state index < -0.39 is 0 Å². The second-order valence-electron chi connectivity index (χ2n) is 6.39. The third-order valence-electron chi connectivity index (χ3n) is 4.53. The molecule has 1 aliphatic heterocycles. The number of amides is 2. The lowest BCUT2D eigenvalue weighted by atomic mass is 10.0. The molecule has 1 heterocycles. The van der Waals surface area contributed by atoms with Crippen LogP contribution in [0, 0.1) is 5.92 Å². The summed E-state index contributed by atoms with van der Waals surface area (Å²) in [6.07, 6.45) is 3.22. The molecule has 2 fully saturated rings. The number of rotatable bonds is 2. The minimum atomic E-state index is -0.164. The summed E-state index contributed by atoms with van der Waals surface area (Å²) in [6, 6.07) is 9.78. The van der Waals surface area contributed by atoms with Gasteiger partial charge < -0.3 is 15.5 Å². The van der Waals surface area contributed by atoms with Crippen LogP contribution >= 0.6 is 0 Å². The van der Waals surface area contributed by atoms with Gasteiger partial charge in [-0.15, -0.1) is 0 Å². The fraction of sp³-hybridized carbons (Fsp3) is 0.556. The molecule has 1 saturated carbocycles. The molecule has 1 aliphatic carbocycles. The van der Waals surface area contributed by atoms with Gasteiger partial charge >= 0.3 is 0 Å². The molecule has 2 amide bonds. The maximum Gasteiger partial charge on any atom is 0.226 e. The molecule has 0 spiro atoms. The summed E-state index contributed by atoms with van der Waals surface area (Å²) in [5.74, 6) is 0.393. The van der Waals surface area contributed by atoms with E-state index in [1.54, 1.807) is 0 Å². The molecule has 1 aromatic carbocycles. The molecule has 23 heavy (non-hydrogen) atoms. The van der Waals surface area contributed by atoms with E-state index >= 15 is 0 Å². The molecular weight excluding hydrogens is 290 g/mol. The van der Waals surface area contributed by atoms with E-state index in [-0.39, 0.29) is 23.8 Å². The normalized spacial score (nSPS) is 23.7. The largest absolute Gasteiger partial charge is 0.355 e. The molecule has 2 aliphatic rings. The van der Waals surface area contributed by atoms with Crippen molar-refractivity contribution in [2.75, 3.05) is 26.2 Å². The Morgan fingerprint density at radius 2 is 1.87 bits per heavy atom. The quantitative estimate of drug-likeness (QED) is 0.869. The van der Waals surface area contributed by atoms with Crippen LogP contribution < -0.4 is 10.6 Å². The molecule has 1 saturated heterocycles.